The van der Waals surface area contributed by atoms with Crippen LogP contribution in [0.25, 0.3) is 0 Å². The van der Waals surface area contributed by atoms with Crippen molar-refractivity contribution in [3.8, 4) is 0 Å². The molecular formula is C9H14O3. The van der Waals surface area contributed by atoms with E-state index in [1.54, 1.807) is 0 Å². The zero-order valence-corrected chi connectivity index (χ0v) is 7.27. The summed E-state index contributed by atoms with van der Waals surface area (Å²) in [5.74, 6) is 0.596. The minimum absolute atomic E-state index is 0.0781. The van der Waals surface area contributed by atoms with Crippen LogP contribution in [-0.4, -0.2) is 22.2 Å². The molecule has 1 fully saturated rings. The Balaban J connectivity index is 0.000000336. The van der Waals surface area contributed by atoms with E-state index in [1.807, 2.05) is 0 Å². The maximum Gasteiger partial charge on any atom is 0.119 e. The third-order valence-corrected chi connectivity index (χ3v) is 2.37. The largest absolute Gasteiger partial charge is 0.357 e. The van der Waals surface area contributed by atoms with E-state index in [1.165, 1.54) is 0 Å². The molecular weight excluding hydrogens is 156 g/mol. The zero-order chi connectivity index (χ0) is 9.19. The Labute approximate surface area is 71.9 Å². The van der Waals surface area contributed by atoms with Crippen molar-refractivity contribution in [1.29, 1.82) is 0 Å². The van der Waals surface area contributed by atoms with Crippen molar-refractivity contribution in [3.63, 3.8) is 0 Å². The van der Waals surface area contributed by atoms with Crippen molar-refractivity contribution in [2.75, 3.05) is 0 Å². The van der Waals surface area contributed by atoms with E-state index in [2.05, 4.69) is 38.2 Å². The summed E-state index contributed by atoms with van der Waals surface area (Å²) < 4.78 is 5.55. The number of epoxide rings is 1. The topological polar surface area (TPSA) is 53.0 Å². The molecule has 0 spiro atoms. The van der Waals surface area contributed by atoms with Gasteiger partial charge in [0.15, 0.2) is 0 Å². The summed E-state index contributed by atoms with van der Waals surface area (Å²) in [6.07, 6.45) is 8.79. The maximum absolute atomic E-state index is 6.00. The van der Waals surface area contributed by atoms with E-state index >= 15 is 0 Å². The van der Waals surface area contributed by atoms with Crippen LogP contribution in [-0.2, 0) is 4.74 Å². The number of hydrogen-bond donors (Lipinski definition) is 2. The highest BCUT2D eigenvalue weighted by molar-refractivity contribution is 5.31. The van der Waals surface area contributed by atoms with E-state index in [0.717, 1.165) is 0 Å². The monoisotopic (exact) mass is 170 g/mol. The Bertz CT molecular complexity index is 208. The van der Waals surface area contributed by atoms with Gasteiger partial charge >= 0.3 is 0 Å². The quantitative estimate of drug-likeness (QED) is 0.359. The van der Waals surface area contributed by atoms with Crippen molar-refractivity contribution in [1.82, 2.24) is 0 Å². The summed E-state index contributed by atoms with van der Waals surface area (Å²) in [6.45, 7) is 4.40. The van der Waals surface area contributed by atoms with Crippen molar-refractivity contribution >= 4 is 0 Å². The molecule has 0 aromatic rings. The lowest BCUT2D eigenvalue weighted by molar-refractivity contribution is -0.176. The Morgan fingerprint density at radius 3 is 2.42 bits per heavy atom. The lowest BCUT2D eigenvalue weighted by atomic mass is 9.89. The zero-order valence-electron chi connectivity index (χ0n) is 7.27. The highest BCUT2D eigenvalue weighted by Gasteiger charge is 2.55. The third kappa shape index (κ3) is 1.31. The molecule has 0 radical (unpaired) electrons. The van der Waals surface area contributed by atoms with E-state index in [0.29, 0.717) is 12.0 Å². The lowest BCUT2D eigenvalue weighted by Crippen LogP contribution is -2.19. The van der Waals surface area contributed by atoms with Crippen LogP contribution in [0.5, 0.6) is 0 Å². The minimum Gasteiger partial charge on any atom is -0.357 e. The number of allylic oxidation sites excluding steroid dienone is 2. The van der Waals surface area contributed by atoms with Gasteiger partial charge < -0.3 is 4.74 Å². The van der Waals surface area contributed by atoms with Crippen molar-refractivity contribution in [2.24, 2.45) is 5.92 Å². The number of fused-ring (bicyclic) bond motifs is 1. The van der Waals surface area contributed by atoms with E-state index in [4.69, 9.17) is 15.3 Å². The molecule has 0 amide bonds. The van der Waals surface area contributed by atoms with Crippen LogP contribution in [0, 0.1) is 5.92 Å². The molecule has 2 unspecified atom stereocenters. The van der Waals surface area contributed by atoms with Crippen LogP contribution >= 0.6 is 0 Å². The van der Waals surface area contributed by atoms with Crippen molar-refractivity contribution < 1.29 is 15.3 Å². The molecule has 0 saturated carbocycles. The first-order valence-electron chi connectivity index (χ1n) is 3.99. The second-order valence-electron chi connectivity index (χ2n) is 3.29. The molecule has 1 saturated heterocycles. The molecule has 2 aliphatic rings. The van der Waals surface area contributed by atoms with Gasteiger partial charge in [-0.3, -0.25) is 10.5 Å². The van der Waals surface area contributed by atoms with Crippen molar-refractivity contribution in [2.45, 2.75) is 25.6 Å². The maximum atomic E-state index is 6.00. The fourth-order valence-electron chi connectivity index (χ4n) is 1.54. The van der Waals surface area contributed by atoms with Crippen LogP contribution < -0.4 is 0 Å². The summed E-state index contributed by atoms with van der Waals surface area (Å²) in [5, 5.41) is 12.0. The smallest absolute Gasteiger partial charge is 0.119 e. The fraction of sp³-hybridized carbons (Fsp3) is 0.556. The highest BCUT2D eigenvalue weighted by atomic mass is 17.0. The first kappa shape index (κ1) is 9.45. The van der Waals surface area contributed by atoms with Gasteiger partial charge in [0.2, 0.25) is 0 Å². The van der Waals surface area contributed by atoms with E-state index in [-0.39, 0.29) is 5.60 Å². The summed E-state index contributed by atoms with van der Waals surface area (Å²) in [4.78, 5) is 0. The molecule has 2 atom stereocenters. The van der Waals surface area contributed by atoms with Gasteiger partial charge in [-0.05, 0) is 12.0 Å². The molecule has 2 N–H and O–H groups in total. The molecule has 3 nitrogen and oxygen atoms in total. The van der Waals surface area contributed by atoms with Crippen LogP contribution in [0.4, 0.5) is 0 Å². The van der Waals surface area contributed by atoms with Gasteiger partial charge in [-0.2, -0.15) is 0 Å². The molecule has 0 bridgehead atoms. The molecule has 1 heterocycles. The Morgan fingerprint density at radius 1 is 1.33 bits per heavy atom. The minimum atomic E-state index is 0.0781. The third-order valence-electron chi connectivity index (χ3n) is 2.37. The molecule has 2 rings (SSSR count). The molecule has 1 aliphatic heterocycles. The Kier molecular flexibility index (Phi) is 2.67. The molecule has 3 heteroatoms. The van der Waals surface area contributed by atoms with E-state index < -0.39 is 0 Å². The van der Waals surface area contributed by atoms with Crippen LogP contribution in [0.3, 0.4) is 0 Å². The molecule has 68 valence electrons. The van der Waals surface area contributed by atoms with E-state index in [9.17, 15) is 0 Å². The summed E-state index contributed by atoms with van der Waals surface area (Å²) in [5.41, 5.74) is 0.0781. The van der Waals surface area contributed by atoms with Gasteiger partial charge in [0, 0.05) is 0 Å². The first-order chi connectivity index (χ1) is 5.76. The molecule has 0 aromatic carbocycles. The predicted octanol–water partition coefficient (Wildman–Crippen LogP) is 1.92. The highest BCUT2D eigenvalue weighted by Crippen LogP contribution is 2.46. The van der Waals surface area contributed by atoms with Gasteiger partial charge in [0.05, 0.1) is 0 Å². The van der Waals surface area contributed by atoms with Gasteiger partial charge in [0.1, 0.15) is 11.7 Å². The fourth-order valence-corrected chi connectivity index (χ4v) is 1.54. The van der Waals surface area contributed by atoms with Gasteiger partial charge in [-0.25, -0.2) is 0 Å². The van der Waals surface area contributed by atoms with Gasteiger partial charge in [-0.1, -0.05) is 32.1 Å². The van der Waals surface area contributed by atoms with Gasteiger partial charge in [-0.15, -0.1) is 0 Å². The van der Waals surface area contributed by atoms with Crippen LogP contribution in [0.2, 0.25) is 0 Å². The average molecular weight is 170 g/mol. The van der Waals surface area contributed by atoms with Gasteiger partial charge in [0.25, 0.3) is 0 Å². The number of rotatable bonds is 1. The van der Waals surface area contributed by atoms with Crippen LogP contribution in [0.15, 0.2) is 24.3 Å². The summed E-state index contributed by atoms with van der Waals surface area (Å²) in [7, 11) is 0. The molecule has 0 aromatic heterocycles. The van der Waals surface area contributed by atoms with Crippen molar-refractivity contribution in [3.05, 3.63) is 24.3 Å². The number of ether oxygens (including phenoxy) is 1. The summed E-state index contributed by atoms with van der Waals surface area (Å²) in [6, 6.07) is 0. The molecule has 1 aliphatic carbocycles. The normalized spacial score (nSPS) is 35.6. The first-order valence-corrected chi connectivity index (χ1v) is 3.99. The second-order valence-corrected chi connectivity index (χ2v) is 3.29. The van der Waals surface area contributed by atoms with Crippen LogP contribution in [0.1, 0.15) is 13.8 Å². The Hall–Kier alpha value is -0.640. The summed E-state index contributed by atoms with van der Waals surface area (Å²) >= 11 is 0. The predicted molar refractivity (Wildman–Crippen MR) is 46.0 cm³/mol. The Morgan fingerprint density at radius 2 is 2.00 bits per heavy atom. The number of hydrogen-bond acceptors (Lipinski definition) is 3. The standard InChI is InChI=1S/C9H12O.H2O2/c1-7(2)9-6-4-3-5-8(9)10-9;1-2/h3-8H,1-2H3;1-2H. The average Bonchev–Trinajstić information content (AvgIpc) is 2.83. The second kappa shape index (κ2) is 3.39. The molecule has 12 heavy (non-hydrogen) atoms. The lowest BCUT2D eigenvalue weighted by Gasteiger charge is -2.12. The SMILES string of the molecule is CC(C)C12C=CC=CC1O2.OO.